The fourth-order valence-corrected chi connectivity index (χ4v) is 3.46. The Morgan fingerprint density at radius 3 is 1.85 bits per heavy atom. The van der Waals surface area contributed by atoms with Crippen LogP contribution in [0.3, 0.4) is 0 Å². The highest BCUT2D eigenvalue weighted by atomic mass is 16.7. The van der Waals surface area contributed by atoms with Crippen LogP contribution in [0.2, 0.25) is 0 Å². The van der Waals surface area contributed by atoms with Crippen molar-refractivity contribution in [3.05, 3.63) is 23.8 Å². The van der Waals surface area contributed by atoms with Crippen molar-refractivity contribution in [2.45, 2.75) is 99.1 Å². The lowest BCUT2D eigenvalue weighted by Gasteiger charge is -2.30. The minimum atomic E-state index is -1.83. The predicted molar refractivity (Wildman–Crippen MR) is 152 cm³/mol. The summed E-state index contributed by atoms with van der Waals surface area (Å²) in [5, 5.41) is 9.98. The quantitative estimate of drug-likeness (QED) is 0.136. The van der Waals surface area contributed by atoms with E-state index in [1.807, 2.05) is 34.6 Å². The van der Waals surface area contributed by atoms with Crippen molar-refractivity contribution < 1.29 is 48.0 Å². The largest absolute Gasteiger partial charge is 0.513 e. The second-order valence-corrected chi connectivity index (χ2v) is 11.8. The summed E-state index contributed by atoms with van der Waals surface area (Å²) in [4.78, 5) is 49.3. The number of carboxylic acid groups (broad SMARTS) is 1. The van der Waals surface area contributed by atoms with Crippen LogP contribution in [0.1, 0.15) is 86.6 Å². The first kappa shape index (κ1) is 35.7. The van der Waals surface area contributed by atoms with Crippen molar-refractivity contribution in [3.63, 3.8) is 0 Å². The van der Waals surface area contributed by atoms with E-state index in [0.29, 0.717) is 36.7 Å². The van der Waals surface area contributed by atoms with Crippen molar-refractivity contribution >= 4 is 24.2 Å². The molecule has 0 aliphatic heterocycles. The van der Waals surface area contributed by atoms with Gasteiger partial charge < -0.3 is 34.5 Å². The van der Waals surface area contributed by atoms with Gasteiger partial charge in [-0.1, -0.05) is 40.7 Å². The Kier molecular flexibility index (Phi) is 14.1. The number of carboxylic acids is 1. The van der Waals surface area contributed by atoms with Crippen molar-refractivity contribution in [2.24, 2.45) is 23.0 Å². The standard InChI is InChI=1S/C30H47NO10/c1-9-29(7,8)26(34)39-21(6)17-30(31,25(32)33)18-22-10-11-23(40-27(35)37-14-12-19(2)3)24(16-22)41-28(36)38-15-13-20(4)5/h10-11,16,19-21H,9,12-15,17-18,31H2,1-8H3,(H,32,33)/t21-,30?/m0/s1. The molecular formula is C30H47NO10. The molecule has 0 radical (unpaired) electrons. The Labute approximate surface area is 243 Å². The number of hydrogen-bond acceptors (Lipinski definition) is 10. The number of esters is 1. The van der Waals surface area contributed by atoms with Crippen LogP contribution in [0.4, 0.5) is 9.59 Å². The molecule has 232 valence electrons. The molecule has 0 heterocycles. The van der Waals surface area contributed by atoms with E-state index in [-0.39, 0.29) is 37.6 Å². The molecule has 11 nitrogen and oxygen atoms in total. The Bertz CT molecular complexity index is 1040. The van der Waals surface area contributed by atoms with Crippen molar-refractivity contribution in [3.8, 4) is 11.5 Å². The van der Waals surface area contributed by atoms with Crippen molar-refractivity contribution in [1.29, 1.82) is 0 Å². The summed E-state index contributed by atoms with van der Waals surface area (Å²) >= 11 is 0. The van der Waals surface area contributed by atoms with E-state index in [4.69, 9.17) is 29.4 Å². The van der Waals surface area contributed by atoms with Crippen molar-refractivity contribution in [2.75, 3.05) is 13.2 Å². The van der Waals surface area contributed by atoms with Gasteiger partial charge in [0.05, 0.1) is 18.6 Å². The van der Waals surface area contributed by atoms with Gasteiger partial charge in [0.1, 0.15) is 11.6 Å². The highest BCUT2D eigenvalue weighted by molar-refractivity contribution is 5.79. The molecule has 1 aromatic rings. The molecule has 41 heavy (non-hydrogen) atoms. The van der Waals surface area contributed by atoms with Crippen LogP contribution in [-0.4, -0.2) is 54.2 Å². The highest BCUT2D eigenvalue weighted by Gasteiger charge is 2.38. The molecule has 0 aromatic heterocycles. The zero-order valence-corrected chi connectivity index (χ0v) is 25.6. The number of hydrogen-bond donors (Lipinski definition) is 2. The molecule has 1 rings (SSSR count). The number of aliphatic carboxylic acids is 1. The van der Waals surface area contributed by atoms with Gasteiger partial charge in [-0.3, -0.25) is 9.59 Å². The number of nitrogens with two attached hydrogens (primary N) is 1. The summed E-state index contributed by atoms with van der Waals surface area (Å²) in [6.07, 6.45) is -1.37. The van der Waals surface area contributed by atoms with Gasteiger partial charge in [-0.05, 0) is 69.6 Å². The minimum absolute atomic E-state index is 0.119. The fraction of sp³-hybridized carbons (Fsp3) is 0.667. The topological polar surface area (TPSA) is 161 Å². The molecule has 1 aromatic carbocycles. The van der Waals surface area contributed by atoms with Gasteiger partial charge in [-0.25, -0.2) is 9.59 Å². The summed E-state index contributed by atoms with van der Waals surface area (Å²) in [6, 6.07) is 4.20. The highest BCUT2D eigenvalue weighted by Crippen LogP contribution is 2.32. The van der Waals surface area contributed by atoms with E-state index < -0.39 is 41.3 Å². The van der Waals surface area contributed by atoms with Crippen LogP contribution in [0.15, 0.2) is 18.2 Å². The second kappa shape index (κ2) is 16.2. The maximum Gasteiger partial charge on any atom is 0.513 e. The van der Waals surface area contributed by atoms with E-state index in [2.05, 4.69) is 0 Å². The molecule has 1 unspecified atom stereocenters. The first-order valence-electron chi connectivity index (χ1n) is 14.0. The first-order chi connectivity index (χ1) is 19.0. The molecule has 0 fully saturated rings. The van der Waals surface area contributed by atoms with Gasteiger partial charge in [0.25, 0.3) is 0 Å². The maximum absolute atomic E-state index is 12.5. The zero-order chi connectivity index (χ0) is 31.4. The third-order valence-electron chi connectivity index (χ3n) is 6.57. The summed E-state index contributed by atoms with van der Waals surface area (Å²) in [5.74, 6) is -1.43. The lowest BCUT2D eigenvalue weighted by atomic mass is 9.86. The average molecular weight is 582 g/mol. The molecule has 0 saturated heterocycles. The lowest BCUT2D eigenvalue weighted by Crippen LogP contribution is -2.52. The molecule has 0 bridgehead atoms. The third-order valence-corrected chi connectivity index (χ3v) is 6.57. The lowest BCUT2D eigenvalue weighted by molar-refractivity contribution is -0.161. The molecular weight excluding hydrogens is 534 g/mol. The second-order valence-electron chi connectivity index (χ2n) is 11.8. The van der Waals surface area contributed by atoms with Crippen LogP contribution < -0.4 is 15.2 Å². The maximum atomic E-state index is 12.5. The van der Waals surface area contributed by atoms with Gasteiger partial charge in [0.2, 0.25) is 0 Å². The van der Waals surface area contributed by atoms with Crippen LogP contribution in [-0.2, 0) is 30.2 Å². The van der Waals surface area contributed by atoms with E-state index >= 15 is 0 Å². The van der Waals surface area contributed by atoms with Crippen LogP contribution in [0.25, 0.3) is 0 Å². The van der Waals surface area contributed by atoms with Crippen LogP contribution in [0, 0.1) is 17.3 Å². The monoisotopic (exact) mass is 581 g/mol. The normalized spacial score (nSPS) is 13.7. The Morgan fingerprint density at radius 1 is 0.878 bits per heavy atom. The predicted octanol–water partition coefficient (Wildman–Crippen LogP) is 5.89. The Balaban J connectivity index is 3.17. The number of benzene rings is 1. The summed E-state index contributed by atoms with van der Waals surface area (Å²) < 4.78 is 26.3. The van der Waals surface area contributed by atoms with Gasteiger partial charge in [0, 0.05) is 12.8 Å². The fourth-order valence-electron chi connectivity index (χ4n) is 3.46. The summed E-state index contributed by atoms with van der Waals surface area (Å²) in [5.41, 5.74) is 4.12. The van der Waals surface area contributed by atoms with Gasteiger partial charge in [0.15, 0.2) is 11.5 Å². The average Bonchev–Trinajstić information content (AvgIpc) is 2.84. The third kappa shape index (κ3) is 12.8. The van der Waals surface area contributed by atoms with Crippen LogP contribution in [0.5, 0.6) is 11.5 Å². The van der Waals surface area contributed by atoms with Crippen LogP contribution >= 0.6 is 0 Å². The van der Waals surface area contributed by atoms with Crippen molar-refractivity contribution in [1.82, 2.24) is 0 Å². The molecule has 0 saturated carbocycles. The minimum Gasteiger partial charge on any atom is -0.480 e. The first-order valence-corrected chi connectivity index (χ1v) is 14.0. The molecule has 2 atom stereocenters. The Hall–Kier alpha value is -3.34. The number of carbonyl (C=O) groups is 4. The van der Waals surface area contributed by atoms with E-state index in [1.165, 1.54) is 18.2 Å². The summed E-state index contributed by atoms with van der Waals surface area (Å²) in [6.45, 7) is 15.1. The molecule has 3 N–H and O–H groups in total. The smallest absolute Gasteiger partial charge is 0.480 e. The molecule has 0 aliphatic carbocycles. The molecule has 0 amide bonds. The number of carbonyl (C=O) groups excluding carboxylic acids is 3. The Morgan fingerprint density at radius 2 is 1.39 bits per heavy atom. The number of rotatable bonds is 16. The van der Waals surface area contributed by atoms with Gasteiger partial charge >= 0.3 is 24.2 Å². The van der Waals surface area contributed by atoms with E-state index in [1.54, 1.807) is 20.8 Å². The van der Waals surface area contributed by atoms with Gasteiger partial charge in [-0.15, -0.1) is 0 Å². The van der Waals surface area contributed by atoms with E-state index in [9.17, 15) is 24.3 Å². The van der Waals surface area contributed by atoms with E-state index in [0.717, 1.165) is 0 Å². The van der Waals surface area contributed by atoms with Gasteiger partial charge in [-0.2, -0.15) is 0 Å². The zero-order valence-electron chi connectivity index (χ0n) is 25.6. The molecule has 0 spiro atoms. The molecule has 11 heteroatoms. The summed E-state index contributed by atoms with van der Waals surface area (Å²) in [7, 11) is 0. The SMILES string of the molecule is CCC(C)(C)C(=O)O[C@@H](C)CC(N)(Cc1ccc(OC(=O)OCCC(C)C)c(OC(=O)OCCC(C)C)c1)C(=O)O. The molecule has 0 aliphatic rings. The number of ether oxygens (including phenoxy) is 5.